The minimum Gasteiger partial charge on any atom is -0.391 e. The van der Waals surface area contributed by atoms with Crippen LogP contribution in [-0.2, 0) is 6.42 Å². The van der Waals surface area contributed by atoms with E-state index >= 15 is 0 Å². The number of rotatable bonds is 6. The predicted octanol–water partition coefficient (Wildman–Crippen LogP) is 0.501. The molecule has 1 aromatic rings. The van der Waals surface area contributed by atoms with E-state index in [2.05, 4.69) is 10.3 Å². The topological polar surface area (TPSA) is 77.0 Å². The van der Waals surface area contributed by atoms with Crippen LogP contribution in [0.3, 0.4) is 0 Å². The van der Waals surface area contributed by atoms with Gasteiger partial charge in [0.25, 0.3) is 0 Å². The van der Waals surface area contributed by atoms with Gasteiger partial charge >= 0.3 is 0 Å². The van der Waals surface area contributed by atoms with Crippen molar-refractivity contribution in [2.75, 3.05) is 6.54 Å². The first-order valence-electron chi connectivity index (χ1n) is 5.44. The Morgan fingerprint density at radius 3 is 2.80 bits per heavy atom. The molecule has 0 fully saturated rings. The van der Waals surface area contributed by atoms with Crippen LogP contribution in [-0.4, -0.2) is 32.7 Å². The zero-order chi connectivity index (χ0) is 11.3. The summed E-state index contributed by atoms with van der Waals surface area (Å²) in [6.07, 6.45) is 4.44. The number of aliphatic hydroxyl groups is 1. The summed E-state index contributed by atoms with van der Waals surface area (Å²) in [7, 11) is 0. The van der Waals surface area contributed by atoms with Gasteiger partial charge in [-0.15, -0.1) is 5.10 Å². The molecule has 0 bridgehead atoms. The second-order valence-corrected chi connectivity index (χ2v) is 3.92. The van der Waals surface area contributed by atoms with Gasteiger partial charge in [0.15, 0.2) is 0 Å². The van der Waals surface area contributed by atoms with Gasteiger partial charge in [-0.1, -0.05) is 5.21 Å². The summed E-state index contributed by atoms with van der Waals surface area (Å²) in [5.74, 6) is 0. The van der Waals surface area contributed by atoms with Crippen LogP contribution in [0.1, 0.15) is 38.4 Å². The lowest BCUT2D eigenvalue weighted by molar-refractivity contribution is 0.131. The van der Waals surface area contributed by atoms with Gasteiger partial charge in [0.2, 0.25) is 0 Å². The van der Waals surface area contributed by atoms with Crippen molar-refractivity contribution in [1.82, 2.24) is 15.0 Å². The van der Waals surface area contributed by atoms with Crippen molar-refractivity contribution in [3.8, 4) is 0 Å². The first-order chi connectivity index (χ1) is 7.15. The van der Waals surface area contributed by atoms with Crippen LogP contribution in [0.2, 0.25) is 0 Å². The highest BCUT2D eigenvalue weighted by atomic mass is 16.3. The van der Waals surface area contributed by atoms with Crippen LogP contribution < -0.4 is 5.73 Å². The largest absolute Gasteiger partial charge is 0.391 e. The molecule has 1 aromatic heterocycles. The summed E-state index contributed by atoms with van der Waals surface area (Å²) < 4.78 is 1.71. The lowest BCUT2D eigenvalue weighted by Crippen LogP contribution is -2.18. The highest BCUT2D eigenvalue weighted by Crippen LogP contribution is 2.10. The first-order valence-corrected chi connectivity index (χ1v) is 5.44. The molecular formula is C10H20N4O. The molecule has 0 aromatic carbocycles. The fourth-order valence-corrected chi connectivity index (χ4v) is 1.30. The van der Waals surface area contributed by atoms with Gasteiger partial charge in [0.05, 0.1) is 17.8 Å². The maximum atomic E-state index is 9.39. The van der Waals surface area contributed by atoms with E-state index in [1.165, 1.54) is 0 Å². The summed E-state index contributed by atoms with van der Waals surface area (Å²) in [4.78, 5) is 0. The van der Waals surface area contributed by atoms with E-state index < -0.39 is 6.10 Å². The Morgan fingerprint density at radius 2 is 2.20 bits per heavy atom. The van der Waals surface area contributed by atoms with Gasteiger partial charge in [-0.25, -0.2) is 4.68 Å². The molecule has 0 spiro atoms. The molecule has 0 amide bonds. The summed E-state index contributed by atoms with van der Waals surface area (Å²) in [5.41, 5.74) is 6.38. The third-order valence-corrected chi connectivity index (χ3v) is 2.56. The Bertz CT molecular complexity index is 285. The predicted molar refractivity (Wildman–Crippen MR) is 58.4 cm³/mol. The second kappa shape index (κ2) is 5.82. The van der Waals surface area contributed by atoms with Crippen molar-refractivity contribution < 1.29 is 5.11 Å². The van der Waals surface area contributed by atoms with Gasteiger partial charge < -0.3 is 10.8 Å². The van der Waals surface area contributed by atoms with Crippen LogP contribution in [0, 0.1) is 0 Å². The third kappa shape index (κ3) is 3.60. The summed E-state index contributed by atoms with van der Waals surface area (Å²) in [6.45, 7) is 4.39. The minimum absolute atomic E-state index is 0.0271. The van der Waals surface area contributed by atoms with Crippen LogP contribution in [0.25, 0.3) is 0 Å². The van der Waals surface area contributed by atoms with Gasteiger partial charge in [-0.05, 0) is 39.7 Å². The molecule has 3 N–H and O–H groups in total. The lowest BCUT2D eigenvalue weighted by Gasteiger charge is -2.13. The third-order valence-electron chi connectivity index (χ3n) is 2.56. The maximum absolute atomic E-state index is 9.39. The molecule has 1 rings (SSSR count). The Balaban J connectivity index is 2.48. The molecule has 0 saturated heterocycles. The smallest absolute Gasteiger partial charge is 0.0827 e. The van der Waals surface area contributed by atoms with E-state index in [0.717, 1.165) is 31.5 Å². The monoisotopic (exact) mass is 212 g/mol. The normalized spacial score (nSPS) is 15.2. The molecular weight excluding hydrogens is 192 g/mol. The van der Waals surface area contributed by atoms with Gasteiger partial charge in [-0.3, -0.25) is 0 Å². The quantitative estimate of drug-likeness (QED) is 0.673. The minimum atomic E-state index is -0.413. The number of nitrogens with two attached hydrogens (primary N) is 1. The van der Waals surface area contributed by atoms with Crippen molar-refractivity contribution in [2.45, 2.75) is 45.3 Å². The van der Waals surface area contributed by atoms with Crippen molar-refractivity contribution in [3.05, 3.63) is 11.9 Å². The number of aliphatic hydroxyl groups excluding tert-OH is 1. The average Bonchev–Trinajstić information content (AvgIpc) is 2.65. The summed E-state index contributed by atoms with van der Waals surface area (Å²) >= 11 is 0. The van der Waals surface area contributed by atoms with Gasteiger partial charge in [0.1, 0.15) is 0 Å². The standard InChI is InChI=1S/C10H20N4O/c1-8(9(2)15)14-7-10(12-13-14)5-3-4-6-11/h7-9,15H,3-6,11H2,1-2H3. The fourth-order valence-electron chi connectivity index (χ4n) is 1.30. The molecule has 5 heteroatoms. The number of hydrogen-bond acceptors (Lipinski definition) is 4. The van der Waals surface area contributed by atoms with E-state index in [-0.39, 0.29) is 6.04 Å². The number of aromatic nitrogens is 3. The van der Waals surface area contributed by atoms with Crippen molar-refractivity contribution in [1.29, 1.82) is 0 Å². The molecule has 0 aliphatic heterocycles. The van der Waals surface area contributed by atoms with E-state index in [1.807, 2.05) is 13.1 Å². The van der Waals surface area contributed by atoms with Crippen LogP contribution in [0.15, 0.2) is 6.20 Å². The fraction of sp³-hybridized carbons (Fsp3) is 0.800. The molecule has 0 aliphatic carbocycles. The number of hydrogen-bond donors (Lipinski definition) is 2. The SMILES string of the molecule is CC(O)C(C)n1cc(CCCCN)nn1. The molecule has 1 heterocycles. The molecule has 2 unspecified atom stereocenters. The maximum Gasteiger partial charge on any atom is 0.0827 e. The number of nitrogens with zero attached hydrogens (tertiary/aromatic N) is 3. The number of unbranched alkanes of at least 4 members (excludes halogenated alkanes) is 1. The molecule has 5 nitrogen and oxygen atoms in total. The van der Waals surface area contributed by atoms with Crippen LogP contribution in [0.5, 0.6) is 0 Å². The van der Waals surface area contributed by atoms with Crippen molar-refractivity contribution in [2.24, 2.45) is 5.73 Å². The molecule has 86 valence electrons. The van der Waals surface area contributed by atoms with Gasteiger partial charge in [-0.2, -0.15) is 0 Å². The molecule has 0 aliphatic rings. The van der Waals surface area contributed by atoms with E-state index in [9.17, 15) is 5.11 Å². The highest BCUT2D eigenvalue weighted by molar-refractivity contribution is 4.93. The second-order valence-electron chi connectivity index (χ2n) is 3.92. The Hall–Kier alpha value is -0.940. The number of aryl methyl sites for hydroxylation is 1. The lowest BCUT2D eigenvalue weighted by atomic mass is 10.2. The molecule has 15 heavy (non-hydrogen) atoms. The zero-order valence-corrected chi connectivity index (χ0v) is 9.43. The van der Waals surface area contributed by atoms with E-state index in [0.29, 0.717) is 0 Å². The van der Waals surface area contributed by atoms with Crippen LogP contribution in [0.4, 0.5) is 0 Å². The summed E-state index contributed by atoms with van der Waals surface area (Å²) in [6, 6.07) is -0.0271. The Kier molecular flexibility index (Phi) is 4.71. The Morgan fingerprint density at radius 1 is 1.47 bits per heavy atom. The molecule has 0 saturated carbocycles. The molecule has 0 radical (unpaired) electrons. The molecule has 2 atom stereocenters. The van der Waals surface area contributed by atoms with Gasteiger partial charge in [0, 0.05) is 6.20 Å². The summed E-state index contributed by atoms with van der Waals surface area (Å²) in [5, 5.41) is 17.4. The first kappa shape index (κ1) is 12.1. The highest BCUT2D eigenvalue weighted by Gasteiger charge is 2.12. The van der Waals surface area contributed by atoms with Crippen molar-refractivity contribution >= 4 is 0 Å². The Labute approximate surface area is 90.3 Å². The van der Waals surface area contributed by atoms with E-state index in [1.54, 1.807) is 11.6 Å². The average molecular weight is 212 g/mol. The van der Waals surface area contributed by atoms with Crippen molar-refractivity contribution in [3.63, 3.8) is 0 Å². The van der Waals surface area contributed by atoms with Crippen LogP contribution >= 0.6 is 0 Å². The zero-order valence-electron chi connectivity index (χ0n) is 9.43. The van der Waals surface area contributed by atoms with E-state index in [4.69, 9.17) is 5.73 Å².